The Labute approximate surface area is 188 Å². The Balaban J connectivity index is 1.25. The van der Waals surface area contributed by atoms with Crippen molar-refractivity contribution in [2.24, 2.45) is 0 Å². The van der Waals surface area contributed by atoms with E-state index in [0.29, 0.717) is 19.8 Å². The van der Waals surface area contributed by atoms with Gasteiger partial charge >= 0.3 is 0 Å². The number of fused-ring (bicyclic) bond motifs is 1. The number of amides is 1. The third kappa shape index (κ3) is 4.29. The van der Waals surface area contributed by atoms with Gasteiger partial charge in [0.1, 0.15) is 5.82 Å². The summed E-state index contributed by atoms with van der Waals surface area (Å²) in [5, 5.41) is 8.09. The Hall–Kier alpha value is -3.07. The summed E-state index contributed by atoms with van der Waals surface area (Å²) in [6, 6.07) is 12.1. The second-order valence-corrected chi connectivity index (χ2v) is 8.57. The quantitative estimate of drug-likeness (QED) is 0.525. The average molecular weight is 456 g/mol. The molecule has 0 N–H and O–H groups in total. The molecule has 1 amide bonds. The first kappa shape index (κ1) is 20.8. The van der Waals surface area contributed by atoms with Gasteiger partial charge in [0.05, 0.1) is 30.6 Å². The number of thioether (sulfide) groups is 1. The Morgan fingerprint density at radius 2 is 1.94 bits per heavy atom. The van der Waals surface area contributed by atoms with Gasteiger partial charge in [-0.05, 0) is 42.7 Å². The number of benzene rings is 2. The van der Waals surface area contributed by atoms with E-state index in [-0.39, 0.29) is 34.4 Å². The highest BCUT2D eigenvalue weighted by Gasteiger charge is 2.31. The molecule has 9 heteroatoms. The van der Waals surface area contributed by atoms with E-state index in [1.165, 1.54) is 6.07 Å². The standard InChI is InChI=1S/C23H22FN3O4S/c24-17-6-2-1-5-16(17)22-25-26-23(31-22)32-14-21(28)27-10-3-7-18(27)15-8-9-19-20(13-15)30-12-4-11-29-19/h1-2,5-6,8-9,13,18H,3-4,7,10-12,14H2. The van der Waals surface area contributed by atoms with Crippen LogP contribution < -0.4 is 9.47 Å². The molecule has 5 rings (SSSR count). The lowest BCUT2D eigenvalue weighted by molar-refractivity contribution is -0.129. The lowest BCUT2D eigenvalue weighted by atomic mass is 10.0. The fraction of sp³-hybridized carbons (Fsp3) is 0.348. The smallest absolute Gasteiger partial charge is 0.277 e. The fourth-order valence-electron chi connectivity index (χ4n) is 4.02. The Kier molecular flexibility index (Phi) is 5.98. The summed E-state index contributed by atoms with van der Waals surface area (Å²) in [4.78, 5) is 14.9. The largest absolute Gasteiger partial charge is 0.490 e. The van der Waals surface area contributed by atoms with Crippen LogP contribution in [0.1, 0.15) is 30.9 Å². The minimum atomic E-state index is -0.432. The van der Waals surface area contributed by atoms with Crippen LogP contribution in [0.15, 0.2) is 52.1 Å². The van der Waals surface area contributed by atoms with Crippen LogP contribution in [0.2, 0.25) is 0 Å². The van der Waals surface area contributed by atoms with Crippen molar-refractivity contribution < 1.29 is 23.1 Å². The number of hydrogen-bond acceptors (Lipinski definition) is 7. The molecular weight excluding hydrogens is 433 g/mol. The lowest BCUT2D eigenvalue weighted by Gasteiger charge is -2.25. The number of nitrogens with zero attached hydrogens (tertiary/aromatic N) is 3. The molecule has 32 heavy (non-hydrogen) atoms. The highest BCUT2D eigenvalue weighted by Crippen LogP contribution is 2.38. The molecule has 7 nitrogen and oxygen atoms in total. The molecule has 166 valence electrons. The molecule has 1 saturated heterocycles. The summed E-state index contributed by atoms with van der Waals surface area (Å²) in [6.07, 6.45) is 2.69. The maximum Gasteiger partial charge on any atom is 0.277 e. The van der Waals surface area contributed by atoms with E-state index in [0.717, 1.165) is 48.1 Å². The second kappa shape index (κ2) is 9.20. The lowest BCUT2D eigenvalue weighted by Crippen LogP contribution is -2.32. The van der Waals surface area contributed by atoms with Crippen molar-refractivity contribution >= 4 is 17.7 Å². The summed E-state index contributed by atoms with van der Waals surface area (Å²) >= 11 is 1.16. The first-order valence-corrected chi connectivity index (χ1v) is 11.6. The molecule has 0 bridgehead atoms. The average Bonchev–Trinajstić information content (AvgIpc) is 3.43. The van der Waals surface area contributed by atoms with Crippen LogP contribution in [-0.2, 0) is 4.79 Å². The molecule has 2 aromatic carbocycles. The topological polar surface area (TPSA) is 77.7 Å². The van der Waals surface area contributed by atoms with Crippen molar-refractivity contribution in [1.82, 2.24) is 15.1 Å². The zero-order valence-electron chi connectivity index (χ0n) is 17.3. The highest BCUT2D eigenvalue weighted by atomic mass is 32.2. The molecule has 1 atom stereocenters. The highest BCUT2D eigenvalue weighted by molar-refractivity contribution is 7.99. The summed E-state index contributed by atoms with van der Waals surface area (Å²) in [5.41, 5.74) is 1.29. The normalized spacial score (nSPS) is 17.9. The number of hydrogen-bond donors (Lipinski definition) is 0. The van der Waals surface area contributed by atoms with Gasteiger partial charge < -0.3 is 18.8 Å². The van der Waals surface area contributed by atoms with Gasteiger partial charge in [-0.25, -0.2) is 4.39 Å². The van der Waals surface area contributed by atoms with Crippen molar-refractivity contribution in [3.05, 3.63) is 53.8 Å². The molecule has 1 aromatic heterocycles. The van der Waals surface area contributed by atoms with E-state index in [2.05, 4.69) is 10.2 Å². The van der Waals surface area contributed by atoms with Gasteiger partial charge in [-0.15, -0.1) is 10.2 Å². The number of ether oxygens (including phenoxy) is 2. The summed E-state index contributed by atoms with van der Waals surface area (Å²) in [6.45, 7) is 1.97. The minimum absolute atomic E-state index is 0.00286. The van der Waals surface area contributed by atoms with Crippen molar-refractivity contribution in [3.8, 4) is 23.0 Å². The number of rotatable bonds is 5. The molecular formula is C23H22FN3O4S. The van der Waals surface area contributed by atoms with Gasteiger partial charge in [0, 0.05) is 13.0 Å². The van der Waals surface area contributed by atoms with Crippen molar-refractivity contribution in [2.75, 3.05) is 25.5 Å². The number of likely N-dealkylation sites (tertiary alicyclic amines) is 1. The Bertz CT molecular complexity index is 1120. The zero-order valence-corrected chi connectivity index (χ0v) is 18.1. The maximum atomic E-state index is 13.9. The second-order valence-electron chi connectivity index (χ2n) is 7.64. The predicted molar refractivity (Wildman–Crippen MR) is 116 cm³/mol. The number of carbonyl (C=O) groups excluding carboxylic acids is 1. The minimum Gasteiger partial charge on any atom is -0.490 e. The van der Waals surface area contributed by atoms with Gasteiger partial charge in [0.25, 0.3) is 11.1 Å². The summed E-state index contributed by atoms with van der Waals surface area (Å²) < 4.78 is 31.0. The van der Waals surface area contributed by atoms with E-state index in [1.807, 2.05) is 23.1 Å². The van der Waals surface area contributed by atoms with Crippen LogP contribution in [0.5, 0.6) is 11.5 Å². The van der Waals surface area contributed by atoms with Gasteiger partial charge in [0.2, 0.25) is 5.91 Å². The third-order valence-corrected chi connectivity index (χ3v) is 6.36. The van der Waals surface area contributed by atoms with Crippen LogP contribution in [-0.4, -0.2) is 46.5 Å². The number of aromatic nitrogens is 2. The fourth-order valence-corrected chi connectivity index (χ4v) is 4.67. The van der Waals surface area contributed by atoms with E-state index in [4.69, 9.17) is 13.9 Å². The molecule has 3 aromatic rings. The predicted octanol–water partition coefficient (Wildman–Crippen LogP) is 4.49. The van der Waals surface area contributed by atoms with Crippen molar-refractivity contribution in [2.45, 2.75) is 30.5 Å². The molecule has 0 radical (unpaired) electrons. The van der Waals surface area contributed by atoms with E-state index >= 15 is 0 Å². The molecule has 3 heterocycles. The van der Waals surface area contributed by atoms with E-state index < -0.39 is 5.82 Å². The Morgan fingerprint density at radius 1 is 1.09 bits per heavy atom. The zero-order chi connectivity index (χ0) is 21.9. The van der Waals surface area contributed by atoms with Crippen LogP contribution >= 0.6 is 11.8 Å². The monoisotopic (exact) mass is 455 g/mol. The van der Waals surface area contributed by atoms with Gasteiger partial charge in [-0.3, -0.25) is 4.79 Å². The summed E-state index contributed by atoms with van der Waals surface area (Å²) in [5.74, 6) is 1.32. The first-order valence-electron chi connectivity index (χ1n) is 10.6. The van der Waals surface area contributed by atoms with Gasteiger partial charge in [0.15, 0.2) is 11.5 Å². The molecule has 2 aliphatic heterocycles. The van der Waals surface area contributed by atoms with Gasteiger partial charge in [-0.2, -0.15) is 0 Å². The van der Waals surface area contributed by atoms with E-state index in [1.54, 1.807) is 18.2 Å². The molecule has 1 unspecified atom stereocenters. The molecule has 0 saturated carbocycles. The maximum absolute atomic E-state index is 13.9. The van der Waals surface area contributed by atoms with Crippen LogP contribution in [0, 0.1) is 5.82 Å². The first-order chi connectivity index (χ1) is 15.7. The van der Waals surface area contributed by atoms with Gasteiger partial charge in [-0.1, -0.05) is 30.0 Å². The third-order valence-electron chi connectivity index (χ3n) is 5.56. The van der Waals surface area contributed by atoms with Crippen LogP contribution in [0.25, 0.3) is 11.5 Å². The van der Waals surface area contributed by atoms with Crippen LogP contribution in [0.4, 0.5) is 4.39 Å². The summed E-state index contributed by atoms with van der Waals surface area (Å²) in [7, 11) is 0. The molecule has 2 aliphatic rings. The van der Waals surface area contributed by atoms with Crippen LogP contribution in [0.3, 0.4) is 0 Å². The number of halogens is 1. The van der Waals surface area contributed by atoms with Crippen molar-refractivity contribution in [1.29, 1.82) is 0 Å². The van der Waals surface area contributed by atoms with E-state index in [9.17, 15) is 9.18 Å². The number of carbonyl (C=O) groups is 1. The molecule has 1 fully saturated rings. The Morgan fingerprint density at radius 3 is 2.81 bits per heavy atom. The molecule has 0 spiro atoms. The SMILES string of the molecule is O=C(CSc1nnc(-c2ccccc2F)o1)N1CCCC1c1ccc2c(c1)OCCCO2. The van der Waals surface area contributed by atoms with Crippen molar-refractivity contribution in [3.63, 3.8) is 0 Å². The molecule has 0 aliphatic carbocycles.